The van der Waals surface area contributed by atoms with Crippen LogP contribution in [0.3, 0.4) is 0 Å². The summed E-state index contributed by atoms with van der Waals surface area (Å²) in [5.41, 5.74) is 1.06. The molecule has 0 radical (unpaired) electrons. The second kappa shape index (κ2) is 7.75. The lowest BCUT2D eigenvalue weighted by atomic mass is 10.1. The molecule has 2 amide bonds. The van der Waals surface area contributed by atoms with Crippen molar-refractivity contribution in [2.75, 3.05) is 0 Å². The predicted molar refractivity (Wildman–Crippen MR) is 88.5 cm³/mol. The minimum Gasteiger partial charge on any atom is -0.350 e. The van der Waals surface area contributed by atoms with Crippen molar-refractivity contribution in [2.24, 2.45) is 0 Å². The first-order chi connectivity index (χ1) is 10.6. The van der Waals surface area contributed by atoms with Gasteiger partial charge in [0.2, 0.25) is 11.8 Å². The van der Waals surface area contributed by atoms with E-state index in [4.69, 9.17) is 0 Å². The van der Waals surface area contributed by atoms with Crippen LogP contribution >= 0.6 is 11.3 Å². The Hall–Kier alpha value is -2.14. The lowest BCUT2D eigenvalue weighted by Gasteiger charge is -2.19. The van der Waals surface area contributed by atoms with Crippen LogP contribution in [0, 0.1) is 0 Å². The maximum absolute atomic E-state index is 12.3. The summed E-state index contributed by atoms with van der Waals surface area (Å²) in [6.45, 7) is 3.41. The highest BCUT2D eigenvalue weighted by molar-refractivity contribution is 7.10. The minimum atomic E-state index is -0.277. The van der Waals surface area contributed by atoms with Crippen LogP contribution in [0.15, 0.2) is 47.8 Å². The number of rotatable bonds is 6. The summed E-state index contributed by atoms with van der Waals surface area (Å²) in [4.78, 5) is 24.6. The van der Waals surface area contributed by atoms with Crippen molar-refractivity contribution in [3.63, 3.8) is 0 Å². The lowest BCUT2D eigenvalue weighted by molar-refractivity contribution is -0.123. The van der Waals surface area contributed by atoms with Gasteiger partial charge < -0.3 is 10.6 Å². The minimum absolute atomic E-state index is 0.0602. The fourth-order valence-electron chi connectivity index (χ4n) is 2.27. The Balaban J connectivity index is 1.98. The first kappa shape index (κ1) is 16.2. The topological polar surface area (TPSA) is 58.2 Å². The van der Waals surface area contributed by atoms with Gasteiger partial charge in [-0.25, -0.2) is 0 Å². The Kier molecular flexibility index (Phi) is 5.72. The molecule has 1 aromatic carbocycles. The Bertz CT molecular complexity index is 611. The van der Waals surface area contributed by atoms with E-state index >= 15 is 0 Å². The van der Waals surface area contributed by atoms with Crippen LogP contribution in [0.1, 0.15) is 42.8 Å². The molecule has 2 aromatic rings. The van der Waals surface area contributed by atoms with Crippen LogP contribution in [0.5, 0.6) is 0 Å². The number of amides is 2. The molecule has 116 valence electrons. The number of hydrogen-bond acceptors (Lipinski definition) is 3. The molecule has 1 aromatic heterocycles. The standard InChI is InChI=1S/C17H20N2O2S/c1-12(14-7-4-3-5-8-14)18-17(21)11-15(19-13(2)20)16-9-6-10-22-16/h3-10,12,15H,11H2,1-2H3,(H,18,21)(H,19,20). The Morgan fingerprint density at radius 3 is 2.41 bits per heavy atom. The van der Waals surface area contributed by atoms with E-state index in [2.05, 4.69) is 10.6 Å². The molecule has 0 fully saturated rings. The molecule has 4 nitrogen and oxygen atoms in total. The van der Waals surface area contributed by atoms with E-state index in [-0.39, 0.29) is 30.3 Å². The SMILES string of the molecule is CC(=O)NC(CC(=O)NC(C)c1ccccc1)c1cccs1. The summed E-state index contributed by atoms with van der Waals surface area (Å²) in [5.74, 6) is -0.217. The summed E-state index contributed by atoms with van der Waals surface area (Å²) >= 11 is 1.54. The van der Waals surface area contributed by atoms with E-state index in [1.165, 1.54) is 18.3 Å². The maximum atomic E-state index is 12.3. The number of nitrogens with one attached hydrogen (secondary N) is 2. The normalized spacial score (nSPS) is 13.2. The second-order valence-corrected chi connectivity index (χ2v) is 6.15. The summed E-state index contributed by atoms with van der Waals surface area (Å²) in [6.07, 6.45) is 0.233. The van der Waals surface area contributed by atoms with E-state index in [0.717, 1.165) is 10.4 Å². The first-order valence-electron chi connectivity index (χ1n) is 7.21. The van der Waals surface area contributed by atoms with Crippen molar-refractivity contribution in [2.45, 2.75) is 32.4 Å². The highest BCUT2D eigenvalue weighted by atomic mass is 32.1. The van der Waals surface area contributed by atoms with Crippen LogP contribution < -0.4 is 10.6 Å². The highest BCUT2D eigenvalue weighted by Gasteiger charge is 2.19. The summed E-state index contributed by atoms with van der Waals surface area (Å²) in [6, 6.07) is 13.3. The van der Waals surface area contributed by atoms with Crippen molar-refractivity contribution >= 4 is 23.2 Å². The molecule has 2 atom stereocenters. The fraction of sp³-hybridized carbons (Fsp3) is 0.294. The average molecular weight is 316 g/mol. The van der Waals surface area contributed by atoms with Gasteiger partial charge in [0.25, 0.3) is 0 Å². The quantitative estimate of drug-likeness (QED) is 0.860. The molecule has 22 heavy (non-hydrogen) atoms. The van der Waals surface area contributed by atoms with Gasteiger partial charge in [0.15, 0.2) is 0 Å². The number of carbonyl (C=O) groups is 2. The van der Waals surface area contributed by atoms with E-state index in [1.807, 2.05) is 54.8 Å². The zero-order valence-electron chi connectivity index (χ0n) is 12.7. The van der Waals surface area contributed by atoms with Gasteiger partial charge in [-0.3, -0.25) is 9.59 Å². The molecule has 0 spiro atoms. The summed E-state index contributed by atoms with van der Waals surface area (Å²) in [7, 11) is 0. The van der Waals surface area contributed by atoms with Crippen LogP contribution in [-0.4, -0.2) is 11.8 Å². The fourth-order valence-corrected chi connectivity index (χ4v) is 3.05. The van der Waals surface area contributed by atoms with Gasteiger partial charge in [-0.1, -0.05) is 36.4 Å². The van der Waals surface area contributed by atoms with Crippen LogP contribution in [-0.2, 0) is 9.59 Å². The smallest absolute Gasteiger partial charge is 0.222 e. The lowest BCUT2D eigenvalue weighted by Crippen LogP contribution is -2.33. The molecule has 1 heterocycles. The van der Waals surface area contributed by atoms with Gasteiger partial charge >= 0.3 is 0 Å². The number of hydrogen-bond donors (Lipinski definition) is 2. The molecular weight excluding hydrogens is 296 g/mol. The van der Waals surface area contributed by atoms with Gasteiger partial charge in [-0.15, -0.1) is 11.3 Å². The second-order valence-electron chi connectivity index (χ2n) is 5.17. The summed E-state index contributed by atoms with van der Waals surface area (Å²) in [5, 5.41) is 7.75. The molecule has 0 aliphatic carbocycles. The van der Waals surface area contributed by atoms with E-state index in [9.17, 15) is 9.59 Å². The molecular formula is C17H20N2O2S. The van der Waals surface area contributed by atoms with Crippen LogP contribution in [0.25, 0.3) is 0 Å². The number of thiophene rings is 1. The van der Waals surface area contributed by atoms with Crippen LogP contribution in [0.2, 0.25) is 0 Å². The van der Waals surface area contributed by atoms with Crippen molar-refractivity contribution in [3.8, 4) is 0 Å². The largest absolute Gasteiger partial charge is 0.350 e. The third kappa shape index (κ3) is 4.70. The molecule has 2 unspecified atom stereocenters. The van der Waals surface area contributed by atoms with Crippen LogP contribution in [0.4, 0.5) is 0 Å². The van der Waals surface area contributed by atoms with Gasteiger partial charge in [0, 0.05) is 11.8 Å². The highest BCUT2D eigenvalue weighted by Crippen LogP contribution is 2.22. The van der Waals surface area contributed by atoms with Crippen molar-refractivity contribution in [1.29, 1.82) is 0 Å². The monoisotopic (exact) mass is 316 g/mol. The Morgan fingerprint density at radius 1 is 1.09 bits per heavy atom. The van der Waals surface area contributed by atoms with Gasteiger partial charge in [0.05, 0.1) is 18.5 Å². The molecule has 0 bridgehead atoms. The number of benzene rings is 1. The first-order valence-corrected chi connectivity index (χ1v) is 8.09. The van der Waals surface area contributed by atoms with Crippen molar-refractivity contribution in [3.05, 3.63) is 58.3 Å². The molecule has 0 aliphatic heterocycles. The maximum Gasteiger partial charge on any atom is 0.222 e. The zero-order chi connectivity index (χ0) is 15.9. The summed E-state index contributed by atoms with van der Waals surface area (Å²) < 4.78 is 0. The molecule has 2 rings (SSSR count). The molecule has 0 aliphatic rings. The third-order valence-electron chi connectivity index (χ3n) is 3.33. The van der Waals surface area contributed by atoms with Crippen molar-refractivity contribution in [1.82, 2.24) is 10.6 Å². The van der Waals surface area contributed by atoms with E-state index in [1.54, 1.807) is 0 Å². The van der Waals surface area contributed by atoms with Gasteiger partial charge in [-0.2, -0.15) is 0 Å². The molecule has 0 saturated carbocycles. The molecule has 5 heteroatoms. The third-order valence-corrected chi connectivity index (χ3v) is 4.32. The average Bonchev–Trinajstić information content (AvgIpc) is 3.01. The molecule has 2 N–H and O–H groups in total. The van der Waals surface area contributed by atoms with E-state index in [0.29, 0.717) is 0 Å². The van der Waals surface area contributed by atoms with Gasteiger partial charge in [-0.05, 0) is 23.9 Å². The number of carbonyl (C=O) groups excluding carboxylic acids is 2. The van der Waals surface area contributed by atoms with E-state index < -0.39 is 0 Å². The van der Waals surface area contributed by atoms with Crippen molar-refractivity contribution < 1.29 is 9.59 Å². The predicted octanol–water partition coefficient (Wildman–Crippen LogP) is 3.19. The van der Waals surface area contributed by atoms with Gasteiger partial charge in [0.1, 0.15) is 0 Å². The zero-order valence-corrected chi connectivity index (χ0v) is 13.5. The Morgan fingerprint density at radius 2 is 1.82 bits per heavy atom. The Labute approximate surface area is 134 Å². The molecule has 0 saturated heterocycles.